The number of amides is 1. The number of esters is 1. The molecule has 0 radical (unpaired) electrons. The van der Waals surface area contributed by atoms with Crippen LogP contribution in [0.1, 0.15) is 73.9 Å². The number of rotatable bonds is 5. The Bertz CT molecular complexity index is 955. The van der Waals surface area contributed by atoms with Crippen LogP contribution >= 0.6 is 0 Å². The zero-order valence-corrected chi connectivity index (χ0v) is 17.7. The van der Waals surface area contributed by atoms with Gasteiger partial charge in [-0.2, -0.15) is 0 Å². The summed E-state index contributed by atoms with van der Waals surface area (Å²) in [5.74, 6) is -0.617. The Labute approximate surface area is 166 Å². The maximum absolute atomic E-state index is 12.5. The van der Waals surface area contributed by atoms with E-state index in [0.717, 1.165) is 29.1 Å². The average Bonchev–Trinajstić information content (AvgIpc) is 3.06. The molecule has 1 aromatic carbocycles. The van der Waals surface area contributed by atoms with Crippen LogP contribution in [0.25, 0.3) is 5.69 Å². The number of benzene rings is 1. The number of nitrogens with zero attached hydrogens (tertiary/aromatic N) is 1. The Morgan fingerprint density at radius 2 is 1.86 bits per heavy atom. The SMILES string of the molecule is CCOC(=O)c1cccc(-n2c(C)c3c(c2CC)C(C)(C(N)=O)CC3(C)C)c1. The van der Waals surface area contributed by atoms with E-state index in [9.17, 15) is 9.59 Å². The fraction of sp³-hybridized carbons (Fsp3) is 0.478. The third-order valence-corrected chi connectivity index (χ3v) is 6.02. The van der Waals surface area contributed by atoms with Crippen molar-refractivity contribution in [2.45, 2.75) is 65.2 Å². The molecule has 1 aromatic heterocycles. The van der Waals surface area contributed by atoms with Gasteiger partial charge in [-0.3, -0.25) is 4.79 Å². The summed E-state index contributed by atoms with van der Waals surface area (Å²) < 4.78 is 7.33. The normalized spacial score (nSPS) is 20.1. The van der Waals surface area contributed by atoms with Gasteiger partial charge >= 0.3 is 5.97 Å². The lowest BCUT2D eigenvalue weighted by Crippen LogP contribution is -2.38. The average molecular weight is 383 g/mol. The lowest BCUT2D eigenvalue weighted by Gasteiger charge is -2.27. The summed E-state index contributed by atoms with van der Waals surface area (Å²) in [4.78, 5) is 24.7. The van der Waals surface area contributed by atoms with Crippen LogP contribution in [0.3, 0.4) is 0 Å². The molecule has 0 fully saturated rings. The zero-order chi connectivity index (χ0) is 20.9. The van der Waals surface area contributed by atoms with Gasteiger partial charge in [0.05, 0.1) is 17.6 Å². The first-order valence-electron chi connectivity index (χ1n) is 9.91. The Hall–Kier alpha value is -2.56. The van der Waals surface area contributed by atoms with Crippen molar-refractivity contribution in [2.24, 2.45) is 5.73 Å². The number of aromatic nitrogens is 1. The quantitative estimate of drug-likeness (QED) is 0.796. The van der Waals surface area contributed by atoms with Gasteiger partial charge in [-0.1, -0.05) is 26.8 Å². The molecule has 0 bridgehead atoms. The van der Waals surface area contributed by atoms with Crippen molar-refractivity contribution in [3.8, 4) is 5.69 Å². The Morgan fingerprint density at radius 1 is 1.18 bits per heavy atom. The van der Waals surface area contributed by atoms with Gasteiger partial charge in [-0.15, -0.1) is 0 Å². The van der Waals surface area contributed by atoms with Crippen molar-refractivity contribution in [1.29, 1.82) is 0 Å². The first-order valence-corrected chi connectivity index (χ1v) is 9.91. The fourth-order valence-corrected chi connectivity index (χ4v) is 5.12. The molecule has 3 rings (SSSR count). The molecule has 0 aliphatic heterocycles. The Morgan fingerprint density at radius 3 is 2.43 bits per heavy atom. The van der Waals surface area contributed by atoms with E-state index in [1.54, 1.807) is 13.0 Å². The predicted octanol–water partition coefficient (Wildman–Crippen LogP) is 3.95. The number of hydrogen-bond donors (Lipinski definition) is 1. The van der Waals surface area contributed by atoms with Crippen molar-refractivity contribution in [3.63, 3.8) is 0 Å². The molecule has 1 atom stereocenters. The smallest absolute Gasteiger partial charge is 0.338 e. The number of carbonyl (C=O) groups is 2. The van der Waals surface area contributed by atoms with E-state index in [1.807, 2.05) is 25.1 Å². The van der Waals surface area contributed by atoms with E-state index in [0.29, 0.717) is 18.6 Å². The van der Waals surface area contributed by atoms with Gasteiger partial charge in [0.15, 0.2) is 0 Å². The highest BCUT2D eigenvalue weighted by molar-refractivity contribution is 5.91. The minimum atomic E-state index is -0.695. The van der Waals surface area contributed by atoms with Crippen LogP contribution in [0.4, 0.5) is 0 Å². The topological polar surface area (TPSA) is 74.3 Å². The van der Waals surface area contributed by atoms with E-state index < -0.39 is 5.41 Å². The van der Waals surface area contributed by atoms with Crippen LogP contribution in [-0.4, -0.2) is 23.1 Å². The fourth-order valence-electron chi connectivity index (χ4n) is 5.12. The summed E-state index contributed by atoms with van der Waals surface area (Å²) in [6, 6.07) is 7.47. The number of carbonyl (C=O) groups excluding carboxylic acids is 2. The van der Waals surface area contributed by atoms with Crippen molar-refractivity contribution < 1.29 is 14.3 Å². The molecule has 1 unspecified atom stereocenters. The van der Waals surface area contributed by atoms with E-state index >= 15 is 0 Å². The van der Waals surface area contributed by atoms with Crippen molar-refractivity contribution >= 4 is 11.9 Å². The summed E-state index contributed by atoms with van der Waals surface area (Å²) in [6.45, 7) is 12.6. The van der Waals surface area contributed by atoms with E-state index in [2.05, 4.69) is 32.3 Å². The highest BCUT2D eigenvalue weighted by Gasteiger charge is 2.52. The summed E-state index contributed by atoms with van der Waals surface area (Å²) in [5.41, 5.74) is 10.9. The second kappa shape index (κ2) is 6.80. The van der Waals surface area contributed by atoms with Crippen molar-refractivity contribution in [1.82, 2.24) is 4.57 Å². The van der Waals surface area contributed by atoms with Crippen molar-refractivity contribution in [2.75, 3.05) is 6.61 Å². The largest absolute Gasteiger partial charge is 0.462 e. The lowest BCUT2D eigenvalue weighted by molar-refractivity contribution is -0.123. The third-order valence-electron chi connectivity index (χ3n) is 6.02. The van der Waals surface area contributed by atoms with Gasteiger partial charge in [0.25, 0.3) is 0 Å². The lowest BCUT2D eigenvalue weighted by atomic mass is 9.78. The second-order valence-corrected chi connectivity index (χ2v) is 8.50. The molecule has 2 aromatic rings. The van der Waals surface area contributed by atoms with Crippen LogP contribution in [0.15, 0.2) is 24.3 Å². The number of hydrogen-bond acceptors (Lipinski definition) is 3. The molecule has 5 nitrogen and oxygen atoms in total. The Kier molecular flexibility index (Phi) is 4.90. The van der Waals surface area contributed by atoms with Gasteiger partial charge in [0, 0.05) is 17.1 Å². The molecule has 1 aliphatic carbocycles. The molecular formula is C23H30N2O3. The molecule has 2 N–H and O–H groups in total. The zero-order valence-electron chi connectivity index (χ0n) is 17.7. The molecule has 28 heavy (non-hydrogen) atoms. The summed E-state index contributed by atoms with van der Waals surface area (Å²) in [7, 11) is 0. The van der Waals surface area contributed by atoms with Crippen LogP contribution in [0.2, 0.25) is 0 Å². The maximum Gasteiger partial charge on any atom is 0.338 e. The molecule has 0 saturated heterocycles. The van der Waals surface area contributed by atoms with Crippen molar-refractivity contribution in [3.05, 3.63) is 52.3 Å². The van der Waals surface area contributed by atoms with Gasteiger partial charge in [-0.05, 0) is 68.4 Å². The van der Waals surface area contributed by atoms with Crippen LogP contribution in [-0.2, 0) is 26.8 Å². The first-order chi connectivity index (χ1) is 13.1. The van der Waals surface area contributed by atoms with Crippen LogP contribution < -0.4 is 5.73 Å². The third kappa shape index (κ3) is 2.84. The molecule has 150 valence electrons. The van der Waals surface area contributed by atoms with Gasteiger partial charge < -0.3 is 15.0 Å². The first kappa shape index (κ1) is 20.2. The van der Waals surface area contributed by atoms with Gasteiger partial charge in [0.2, 0.25) is 5.91 Å². The van der Waals surface area contributed by atoms with Crippen LogP contribution in [0, 0.1) is 6.92 Å². The predicted molar refractivity (Wildman–Crippen MR) is 110 cm³/mol. The van der Waals surface area contributed by atoms with E-state index in [4.69, 9.17) is 10.5 Å². The minimum Gasteiger partial charge on any atom is -0.462 e. The molecule has 5 heteroatoms. The summed E-state index contributed by atoms with van der Waals surface area (Å²) >= 11 is 0. The van der Waals surface area contributed by atoms with Crippen LogP contribution in [0.5, 0.6) is 0 Å². The molecule has 0 saturated carbocycles. The molecule has 1 aliphatic rings. The maximum atomic E-state index is 12.5. The second-order valence-electron chi connectivity index (χ2n) is 8.50. The summed E-state index contributed by atoms with van der Waals surface area (Å²) in [6.07, 6.45) is 1.47. The molecule has 1 amide bonds. The minimum absolute atomic E-state index is 0.156. The number of ether oxygens (including phenoxy) is 1. The number of fused-ring (bicyclic) bond motifs is 1. The Balaban J connectivity index is 2.28. The molecule has 0 spiro atoms. The monoisotopic (exact) mass is 382 g/mol. The van der Waals surface area contributed by atoms with Gasteiger partial charge in [0.1, 0.15) is 0 Å². The van der Waals surface area contributed by atoms with E-state index in [1.165, 1.54) is 5.56 Å². The highest BCUT2D eigenvalue weighted by atomic mass is 16.5. The van der Waals surface area contributed by atoms with E-state index in [-0.39, 0.29) is 17.3 Å². The molecular weight excluding hydrogens is 352 g/mol. The summed E-state index contributed by atoms with van der Waals surface area (Å²) in [5, 5.41) is 0. The van der Waals surface area contributed by atoms with Gasteiger partial charge in [-0.25, -0.2) is 4.79 Å². The number of primary amides is 1. The molecule has 1 heterocycles. The highest BCUT2D eigenvalue weighted by Crippen LogP contribution is 2.53. The standard InChI is InChI=1S/C23H30N2O3/c1-7-17-19-18(22(4,5)13-23(19,6)21(24)27)14(3)25(17)16-11-9-10-15(12-16)20(26)28-8-2/h9-12H,7-8,13H2,1-6H3,(H2,24,27). The number of nitrogens with two attached hydrogens (primary N) is 1.